The summed E-state index contributed by atoms with van der Waals surface area (Å²) >= 11 is 0. The van der Waals surface area contributed by atoms with E-state index in [0.717, 1.165) is 96.3 Å². The fourth-order valence-electron chi connectivity index (χ4n) is 6.22. The Morgan fingerprint density at radius 1 is 0.344 bits per heavy atom. The smallest absolute Gasteiger partial charge is 0.306 e. The van der Waals surface area contributed by atoms with Crippen molar-refractivity contribution in [3.63, 3.8) is 0 Å². The lowest BCUT2D eigenvalue weighted by Crippen LogP contribution is -2.30. The molecule has 0 aliphatic rings. The molecule has 0 aromatic carbocycles. The maximum Gasteiger partial charge on any atom is 0.306 e. The summed E-state index contributed by atoms with van der Waals surface area (Å²) in [5.41, 5.74) is 0. The molecule has 358 valence electrons. The van der Waals surface area contributed by atoms with E-state index in [9.17, 15) is 14.4 Å². The minimum absolute atomic E-state index is 0.132. The third kappa shape index (κ3) is 48.6. The average molecular weight is 883 g/mol. The number of carbonyl (C=O) groups excluding carboxylic acids is 3. The molecule has 0 spiro atoms. The Balaban J connectivity index is 4.60. The number of ether oxygens (including phenoxy) is 3. The minimum Gasteiger partial charge on any atom is -0.462 e. The quantitative estimate of drug-likeness (QED) is 0.0200. The summed E-state index contributed by atoms with van der Waals surface area (Å²) < 4.78 is 16.7. The lowest BCUT2D eigenvalue weighted by molar-refractivity contribution is -0.167. The van der Waals surface area contributed by atoms with Crippen LogP contribution >= 0.6 is 0 Å². The van der Waals surface area contributed by atoms with Crippen LogP contribution < -0.4 is 0 Å². The second kappa shape index (κ2) is 51.2. The SMILES string of the molecule is CC/C=C/C=C/C=C/C=C/CCCCCC(=O)OCC(COC(=O)CCC/C=C/C/C=C/C/C=C/CCCCCCCC)OC(=O)CCCCC/C=C/C/C=C/C/C=C/C/C=C/CC. The van der Waals surface area contributed by atoms with Crippen LogP contribution in [0.15, 0.2) is 134 Å². The summed E-state index contributed by atoms with van der Waals surface area (Å²) in [6, 6.07) is 0. The van der Waals surface area contributed by atoms with Crippen LogP contribution in [0.4, 0.5) is 0 Å². The second-order valence-electron chi connectivity index (χ2n) is 16.0. The summed E-state index contributed by atoms with van der Waals surface area (Å²) in [5.74, 6) is -1.06. The van der Waals surface area contributed by atoms with E-state index >= 15 is 0 Å². The molecule has 0 bridgehead atoms. The third-order valence-corrected chi connectivity index (χ3v) is 9.96. The molecule has 0 aliphatic heterocycles. The molecule has 1 atom stereocenters. The van der Waals surface area contributed by atoms with Crippen LogP contribution in [-0.4, -0.2) is 37.2 Å². The molecule has 0 N–H and O–H groups in total. The van der Waals surface area contributed by atoms with Crippen LogP contribution in [0, 0.1) is 0 Å². The van der Waals surface area contributed by atoms with E-state index in [0.29, 0.717) is 19.3 Å². The highest BCUT2D eigenvalue weighted by Crippen LogP contribution is 2.11. The van der Waals surface area contributed by atoms with E-state index in [4.69, 9.17) is 14.2 Å². The number of esters is 3. The molecular weight excluding hydrogens is 793 g/mol. The van der Waals surface area contributed by atoms with E-state index in [-0.39, 0.29) is 44.0 Å². The van der Waals surface area contributed by atoms with E-state index < -0.39 is 6.10 Å². The van der Waals surface area contributed by atoms with Gasteiger partial charge >= 0.3 is 17.9 Å². The Bertz CT molecular complexity index is 1430. The van der Waals surface area contributed by atoms with Gasteiger partial charge in [-0.05, 0) is 109 Å². The van der Waals surface area contributed by atoms with Crippen LogP contribution in [0.5, 0.6) is 0 Å². The van der Waals surface area contributed by atoms with E-state index in [1.54, 1.807) is 0 Å². The van der Waals surface area contributed by atoms with Crippen molar-refractivity contribution in [2.45, 2.75) is 200 Å². The molecule has 0 aromatic heterocycles. The largest absolute Gasteiger partial charge is 0.462 e. The van der Waals surface area contributed by atoms with Gasteiger partial charge in [0.15, 0.2) is 6.10 Å². The minimum atomic E-state index is -0.836. The first kappa shape index (κ1) is 59.5. The predicted molar refractivity (Wildman–Crippen MR) is 274 cm³/mol. The number of hydrogen-bond acceptors (Lipinski definition) is 6. The summed E-state index contributed by atoms with van der Waals surface area (Å²) in [6.45, 7) is 6.24. The van der Waals surface area contributed by atoms with Gasteiger partial charge in [-0.15, -0.1) is 0 Å². The van der Waals surface area contributed by atoms with Crippen molar-refractivity contribution in [1.29, 1.82) is 0 Å². The molecular formula is C58H90O6. The first-order valence-electron chi connectivity index (χ1n) is 25.2. The number of unbranched alkanes of at least 4 members (excludes halogenated alkanes) is 13. The van der Waals surface area contributed by atoms with Gasteiger partial charge in [0.25, 0.3) is 0 Å². The molecule has 0 rings (SSSR count). The highest BCUT2D eigenvalue weighted by Gasteiger charge is 2.19. The highest BCUT2D eigenvalue weighted by atomic mass is 16.6. The van der Waals surface area contributed by atoms with Crippen LogP contribution in [0.25, 0.3) is 0 Å². The Kier molecular flexibility index (Phi) is 47.6. The molecule has 0 heterocycles. The standard InChI is InChI=1S/C58H90O6/c1-4-7-10-13-16-19-22-25-27-29-31-33-36-39-42-45-48-51-57(60)63-54-55(53-62-56(59)50-47-44-41-38-35-32-24-21-18-15-12-9-6-3)64-58(61)52-49-46-43-40-37-34-30-28-26-23-20-17-14-11-8-5-2/h8-9,11-12,15,17-18,20-21,24-28,31-35,37,39,42,55H,4-7,10,13-14,16,19,22-23,29-30,36,38,40-41,43-54H2,1-3H3/b11-8+,12-9+,18-15+,20-17+,24-21+,27-25+,28-26+,33-31+,35-32+,37-34+,42-39+. The first-order chi connectivity index (χ1) is 31.5. The van der Waals surface area contributed by atoms with Gasteiger partial charge in [-0.3, -0.25) is 14.4 Å². The van der Waals surface area contributed by atoms with Crippen LogP contribution in [-0.2, 0) is 28.6 Å². The van der Waals surface area contributed by atoms with Crippen molar-refractivity contribution in [2.75, 3.05) is 13.2 Å². The van der Waals surface area contributed by atoms with Gasteiger partial charge in [0.05, 0.1) is 0 Å². The second-order valence-corrected chi connectivity index (χ2v) is 16.0. The molecule has 1 unspecified atom stereocenters. The molecule has 6 nitrogen and oxygen atoms in total. The van der Waals surface area contributed by atoms with Gasteiger partial charge in [0.1, 0.15) is 13.2 Å². The summed E-state index contributed by atoms with van der Waals surface area (Å²) in [4.78, 5) is 37.9. The van der Waals surface area contributed by atoms with Gasteiger partial charge in [0.2, 0.25) is 0 Å². The molecule has 0 saturated heterocycles. The zero-order valence-electron chi connectivity index (χ0n) is 40.7. The van der Waals surface area contributed by atoms with Crippen LogP contribution in [0.1, 0.15) is 194 Å². The lowest BCUT2D eigenvalue weighted by atomic mass is 10.1. The Labute approximate surface area is 392 Å². The maximum atomic E-state index is 12.8. The Morgan fingerprint density at radius 2 is 0.703 bits per heavy atom. The molecule has 0 radical (unpaired) electrons. The van der Waals surface area contributed by atoms with Gasteiger partial charge in [-0.25, -0.2) is 0 Å². The third-order valence-electron chi connectivity index (χ3n) is 9.96. The van der Waals surface area contributed by atoms with Gasteiger partial charge in [-0.2, -0.15) is 0 Å². The number of rotatable bonds is 43. The molecule has 0 fully saturated rings. The first-order valence-corrected chi connectivity index (χ1v) is 25.2. The van der Waals surface area contributed by atoms with Crippen molar-refractivity contribution in [1.82, 2.24) is 0 Å². The summed E-state index contributed by atoms with van der Waals surface area (Å²) in [6.07, 6.45) is 71.6. The van der Waals surface area contributed by atoms with E-state index in [1.165, 1.54) is 44.9 Å². The highest BCUT2D eigenvalue weighted by molar-refractivity contribution is 5.71. The monoisotopic (exact) mass is 883 g/mol. The Hall–Kier alpha value is -4.45. The molecule has 0 saturated carbocycles. The number of hydrogen-bond donors (Lipinski definition) is 0. The van der Waals surface area contributed by atoms with Crippen LogP contribution in [0.3, 0.4) is 0 Å². The van der Waals surface area contributed by atoms with Gasteiger partial charge < -0.3 is 14.2 Å². The average Bonchev–Trinajstić information content (AvgIpc) is 3.29. The van der Waals surface area contributed by atoms with Gasteiger partial charge in [-0.1, -0.05) is 199 Å². The molecule has 6 heteroatoms. The summed E-state index contributed by atoms with van der Waals surface area (Å²) in [7, 11) is 0. The zero-order valence-corrected chi connectivity index (χ0v) is 40.7. The maximum absolute atomic E-state index is 12.8. The zero-order chi connectivity index (χ0) is 46.5. The van der Waals surface area contributed by atoms with Crippen molar-refractivity contribution in [3.8, 4) is 0 Å². The fraction of sp³-hybridized carbons (Fsp3) is 0.569. The van der Waals surface area contributed by atoms with Crippen molar-refractivity contribution >= 4 is 17.9 Å². The molecule has 0 amide bonds. The molecule has 0 aromatic rings. The normalized spacial score (nSPS) is 13.2. The van der Waals surface area contributed by atoms with Gasteiger partial charge in [0, 0.05) is 19.3 Å². The molecule has 0 aliphatic carbocycles. The van der Waals surface area contributed by atoms with Crippen molar-refractivity contribution < 1.29 is 28.6 Å². The van der Waals surface area contributed by atoms with E-state index in [2.05, 4.69) is 118 Å². The summed E-state index contributed by atoms with van der Waals surface area (Å²) in [5, 5.41) is 0. The van der Waals surface area contributed by atoms with Crippen molar-refractivity contribution in [3.05, 3.63) is 134 Å². The molecule has 64 heavy (non-hydrogen) atoms. The fourth-order valence-corrected chi connectivity index (χ4v) is 6.22. The Morgan fingerprint density at radius 3 is 1.20 bits per heavy atom. The van der Waals surface area contributed by atoms with Crippen molar-refractivity contribution in [2.24, 2.45) is 0 Å². The number of carbonyl (C=O) groups is 3. The lowest BCUT2D eigenvalue weighted by Gasteiger charge is -2.18. The predicted octanol–water partition coefficient (Wildman–Crippen LogP) is 16.7. The van der Waals surface area contributed by atoms with E-state index in [1.807, 2.05) is 36.5 Å². The number of allylic oxidation sites excluding steroid dienone is 22. The van der Waals surface area contributed by atoms with Crippen LogP contribution in [0.2, 0.25) is 0 Å². The topological polar surface area (TPSA) is 78.9 Å².